The predicted molar refractivity (Wildman–Crippen MR) is 133 cm³/mol. The second kappa shape index (κ2) is 8.88. The quantitative estimate of drug-likeness (QED) is 0.405. The van der Waals surface area contributed by atoms with Gasteiger partial charge in [-0.1, -0.05) is 30.5 Å². The van der Waals surface area contributed by atoms with Crippen LogP contribution in [0.4, 0.5) is 0 Å². The lowest BCUT2D eigenvalue weighted by Gasteiger charge is -2.58. The number of hydrogen-bond acceptors (Lipinski definition) is 6. The van der Waals surface area contributed by atoms with Gasteiger partial charge in [-0.25, -0.2) is 4.79 Å². The first-order valence-electron chi connectivity index (χ1n) is 13.3. The van der Waals surface area contributed by atoms with E-state index in [4.69, 9.17) is 11.3 Å². The van der Waals surface area contributed by atoms with Crippen molar-refractivity contribution in [2.75, 3.05) is 13.2 Å². The molecule has 8 heteroatoms. The molecule has 1 aliphatic heterocycles. The van der Waals surface area contributed by atoms with Crippen LogP contribution in [0.3, 0.4) is 0 Å². The number of aliphatic carboxylic acids is 1. The maximum Gasteiger partial charge on any atom is 0.326 e. The predicted octanol–water partition coefficient (Wildman–Crippen LogP) is 2.73. The molecule has 1 amide bonds. The molecule has 5 aliphatic rings. The molecule has 0 aromatic carbocycles. The highest BCUT2D eigenvalue weighted by molar-refractivity contribution is 5.96. The molecule has 4 fully saturated rings. The van der Waals surface area contributed by atoms with Crippen LogP contribution >= 0.6 is 0 Å². The Labute approximate surface area is 212 Å². The molecule has 1 saturated heterocycles. The summed E-state index contributed by atoms with van der Waals surface area (Å²) in [6.45, 7) is 4.25. The van der Waals surface area contributed by atoms with E-state index in [1.807, 2.05) is 0 Å². The standard InChI is InChI=1S/C28H38N2O6/c1-4-28(35)12-9-22-20-6-5-17-13-18(7-10-26(17,2)21(20)8-11-27(22,28)3)29-36-16-24(32)30-15-19(31)14-23(30)25(33)34/h1,13,19-23,31,35H,5-12,14-16H2,2-3H3,(H,33,34)/b29-18-/t19?,20?,21?,22?,23?,26-,27-,28+/m0/s1. The molecule has 8 atom stereocenters. The fourth-order valence-corrected chi connectivity index (χ4v) is 8.47. The molecule has 0 bridgehead atoms. The Hall–Kier alpha value is -2.37. The van der Waals surface area contributed by atoms with Crippen molar-refractivity contribution in [1.82, 2.24) is 4.90 Å². The zero-order valence-corrected chi connectivity index (χ0v) is 21.3. The normalized spacial score (nSPS) is 44.8. The first kappa shape index (κ1) is 25.3. The number of hydrogen-bond donors (Lipinski definition) is 3. The van der Waals surface area contributed by atoms with E-state index in [2.05, 4.69) is 31.0 Å². The van der Waals surface area contributed by atoms with E-state index in [0.717, 1.165) is 55.6 Å². The molecule has 3 saturated carbocycles. The number of carbonyl (C=O) groups excluding carboxylic acids is 1. The van der Waals surface area contributed by atoms with Crippen molar-refractivity contribution in [3.63, 3.8) is 0 Å². The van der Waals surface area contributed by atoms with Crippen molar-refractivity contribution < 1.29 is 29.7 Å². The number of carboxylic acid groups (broad SMARTS) is 1. The minimum atomic E-state index is -1.12. The molecule has 4 aliphatic carbocycles. The Kier molecular flexibility index (Phi) is 6.24. The number of nitrogens with zero attached hydrogens (tertiary/aromatic N) is 2. The number of aliphatic hydroxyl groups is 2. The van der Waals surface area contributed by atoms with Gasteiger partial charge in [-0.05, 0) is 80.6 Å². The summed E-state index contributed by atoms with van der Waals surface area (Å²) in [5, 5.41) is 34.5. The number of β-amino-alcohol motifs (C(OH)–C–C–N with tert-alkyl or cyclic N) is 1. The van der Waals surface area contributed by atoms with Crippen LogP contribution in [0.5, 0.6) is 0 Å². The van der Waals surface area contributed by atoms with E-state index in [9.17, 15) is 24.9 Å². The lowest BCUT2D eigenvalue weighted by molar-refractivity contribution is -0.150. The summed E-state index contributed by atoms with van der Waals surface area (Å²) in [6, 6.07) is -1.02. The highest BCUT2D eigenvalue weighted by atomic mass is 16.6. The summed E-state index contributed by atoms with van der Waals surface area (Å²) in [4.78, 5) is 30.4. The van der Waals surface area contributed by atoms with Gasteiger partial charge >= 0.3 is 5.97 Å². The van der Waals surface area contributed by atoms with Crippen molar-refractivity contribution in [2.24, 2.45) is 33.7 Å². The van der Waals surface area contributed by atoms with E-state index in [1.54, 1.807) is 0 Å². The van der Waals surface area contributed by atoms with E-state index in [1.165, 1.54) is 5.57 Å². The van der Waals surface area contributed by atoms with Gasteiger partial charge in [-0.3, -0.25) is 4.79 Å². The number of terminal acetylenes is 1. The van der Waals surface area contributed by atoms with Crippen LogP contribution < -0.4 is 0 Å². The minimum Gasteiger partial charge on any atom is -0.480 e. The number of allylic oxidation sites excluding steroid dienone is 2. The van der Waals surface area contributed by atoms with Crippen LogP contribution in [0.2, 0.25) is 0 Å². The van der Waals surface area contributed by atoms with Gasteiger partial charge in [0.2, 0.25) is 0 Å². The second-order valence-corrected chi connectivity index (χ2v) is 12.1. The number of amides is 1. The van der Waals surface area contributed by atoms with Crippen LogP contribution in [-0.2, 0) is 14.4 Å². The smallest absolute Gasteiger partial charge is 0.326 e. The maximum atomic E-state index is 12.5. The van der Waals surface area contributed by atoms with Gasteiger partial charge in [0.1, 0.15) is 11.6 Å². The molecule has 0 aromatic heterocycles. The van der Waals surface area contributed by atoms with Crippen molar-refractivity contribution in [2.45, 2.75) is 89.4 Å². The summed E-state index contributed by atoms with van der Waals surface area (Å²) in [5.41, 5.74) is 1.11. The van der Waals surface area contributed by atoms with Gasteiger partial charge in [0.05, 0.1) is 11.8 Å². The molecule has 8 nitrogen and oxygen atoms in total. The average molecular weight is 499 g/mol. The van der Waals surface area contributed by atoms with Crippen LogP contribution in [0, 0.1) is 40.9 Å². The van der Waals surface area contributed by atoms with Crippen LogP contribution in [0.1, 0.15) is 71.6 Å². The SMILES string of the molecule is C#C[C@@]1(O)CCC2C3CCC4=C/C(=N\OCC(=O)N5CC(O)CC5C(=O)O)CC[C@]4(C)C3CC[C@@]21C. The Morgan fingerprint density at radius 2 is 1.94 bits per heavy atom. The molecular formula is C28H38N2O6. The zero-order valence-electron chi connectivity index (χ0n) is 21.3. The third-order valence-electron chi connectivity index (χ3n) is 10.6. The highest BCUT2D eigenvalue weighted by Crippen LogP contribution is 2.67. The molecule has 0 spiro atoms. The van der Waals surface area contributed by atoms with Gasteiger partial charge in [0, 0.05) is 18.4 Å². The van der Waals surface area contributed by atoms with Crippen LogP contribution in [-0.4, -0.2) is 68.7 Å². The molecule has 36 heavy (non-hydrogen) atoms. The molecule has 1 heterocycles. The average Bonchev–Trinajstić information content (AvgIpc) is 3.37. The fourth-order valence-electron chi connectivity index (χ4n) is 8.47. The van der Waals surface area contributed by atoms with E-state index in [0.29, 0.717) is 24.2 Å². The summed E-state index contributed by atoms with van der Waals surface area (Å²) >= 11 is 0. The van der Waals surface area contributed by atoms with Crippen molar-refractivity contribution in [3.05, 3.63) is 11.6 Å². The number of carbonyl (C=O) groups is 2. The Morgan fingerprint density at radius 3 is 2.67 bits per heavy atom. The Morgan fingerprint density at radius 1 is 1.19 bits per heavy atom. The van der Waals surface area contributed by atoms with Gasteiger partial charge in [0.15, 0.2) is 6.61 Å². The molecule has 3 N–H and O–H groups in total. The van der Waals surface area contributed by atoms with Crippen molar-refractivity contribution in [3.8, 4) is 12.3 Å². The number of likely N-dealkylation sites (tertiary alicyclic amines) is 1. The lowest BCUT2D eigenvalue weighted by Crippen LogP contribution is -2.54. The molecule has 0 radical (unpaired) electrons. The van der Waals surface area contributed by atoms with E-state index in [-0.39, 0.29) is 30.4 Å². The minimum absolute atomic E-state index is 0.000520. The first-order valence-corrected chi connectivity index (χ1v) is 13.3. The molecule has 5 rings (SSSR count). The topological polar surface area (TPSA) is 120 Å². The summed E-state index contributed by atoms with van der Waals surface area (Å²) in [7, 11) is 0. The van der Waals surface area contributed by atoms with Gasteiger partial charge < -0.3 is 25.1 Å². The number of carboxylic acids is 1. The van der Waals surface area contributed by atoms with Gasteiger partial charge in [-0.15, -0.1) is 6.42 Å². The highest BCUT2D eigenvalue weighted by Gasteiger charge is 2.63. The van der Waals surface area contributed by atoms with Gasteiger partial charge in [0.25, 0.3) is 5.91 Å². The molecular weight excluding hydrogens is 460 g/mol. The summed E-state index contributed by atoms with van der Waals surface area (Å²) in [5.74, 6) is 2.73. The Balaban J connectivity index is 1.25. The van der Waals surface area contributed by atoms with Crippen LogP contribution in [0.25, 0.3) is 0 Å². The number of aliphatic hydroxyl groups excluding tert-OH is 1. The molecule has 5 unspecified atom stereocenters. The summed E-state index contributed by atoms with van der Waals surface area (Å²) in [6.07, 6.45) is 14.7. The first-order chi connectivity index (χ1) is 17.0. The Bertz CT molecular complexity index is 1050. The number of fused-ring (bicyclic) bond motifs is 5. The molecule has 0 aromatic rings. The number of rotatable bonds is 4. The number of oxime groups is 1. The van der Waals surface area contributed by atoms with E-state index < -0.39 is 29.6 Å². The van der Waals surface area contributed by atoms with Crippen LogP contribution in [0.15, 0.2) is 16.8 Å². The fraction of sp³-hybridized carbons (Fsp3) is 0.750. The second-order valence-electron chi connectivity index (χ2n) is 12.1. The lowest BCUT2D eigenvalue weighted by atomic mass is 9.46. The monoisotopic (exact) mass is 498 g/mol. The summed E-state index contributed by atoms with van der Waals surface area (Å²) < 4.78 is 0. The molecule has 196 valence electrons. The third-order valence-corrected chi connectivity index (χ3v) is 10.6. The van der Waals surface area contributed by atoms with Crippen molar-refractivity contribution in [1.29, 1.82) is 0 Å². The van der Waals surface area contributed by atoms with Crippen molar-refractivity contribution >= 4 is 17.6 Å². The maximum absolute atomic E-state index is 12.5. The van der Waals surface area contributed by atoms with Gasteiger partial charge in [-0.2, -0.15) is 0 Å². The van der Waals surface area contributed by atoms with E-state index >= 15 is 0 Å². The third kappa shape index (κ3) is 3.78. The largest absolute Gasteiger partial charge is 0.480 e. The zero-order chi connectivity index (χ0) is 25.9.